The summed E-state index contributed by atoms with van der Waals surface area (Å²) in [7, 11) is 0. The molecule has 0 aliphatic heterocycles. The molecule has 0 atom stereocenters. The molecule has 0 aliphatic carbocycles. The minimum atomic E-state index is -4.59. The lowest BCUT2D eigenvalue weighted by atomic mass is 10.1. The van der Waals surface area contributed by atoms with Crippen molar-refractivity contribution >= 4 is 35.2 Å². The van der Waals surface area contributed by atoms with Gasteiger partial charge in [-0.2, -0.15) is 18.4 Å². The summed E-state index contributed by atoms with van der Waals surface area (Å²) < 4.78 is 49.0. The smallest absolute Gasteiger partial charge is 0.416 e. The number of nitrogens with zero attached hydrogens (tertiary/aromatic N) is 1. The van der Waals surface area contributed by atoms with Gasteiger partial charge in [-0.1, -0.05) is 17.7 Å². The Morgan fingerprint density at radius 3 is 2.56 bits per heavy atom. The number of rotatable bonds is 8. The quantitative estimate of drug-likeness (QED) is 0.427. The van der Waals surface area contributed by atoms with E-state index in [9.17, 15) is 28.0 Å². The van der Waals surface area contributed by atoms with Gasteiger partial charge in [0.05, 0.1) is 17.2 Å². The Morgan fingerprint density at radius 1 is 1.25 bits per heavy atom. The highest BCUT2D eigenvalue weighted by atomic mass is 35.5. The molecule has 0 bridgehead atoms. The molecule has 0 unspecified atom stereocenters. The number of carbonyl (C=O) groups is 2. The molecule has 0 radical (unpaired) electrons. The van der Waals surface area contributed by atoms with E-state index in [-0.39, 0.29) is 34.4 Å². The maximum absolute atomic E-state index is 12.8. The summed E-state index contributed by atoms with van der Waals surface area (Å²) in [5.74, 6) is -2.11. The van der Waals surface area contributed by atoms with Gasteiger partial charge in [-0.25, -0.2) is 4.79 Å². The Morgan fingerprint density at radius 2 is 1.97 bits per heavy atom. The summed E-state index contributed by atoms with van der Waals surface area (Å²) in [6, 6.07) is 8.33. The summed E-state index contributed by atoms with van der Waals surface area (Å²) >= 11 is 6.13. The van der Waals surface area contributed by atoms with Crippen molar-refractivity contribution in [3.63, 3.8) is 0 Å². The number of halogens is 4. The average Bonchev–Trinajstić information content (AvgIpc) is 2.71. The fraction of sp³-hybridized carbons (Fsp3) is 0.190. The number of carboxylic acid groups (broad SMARTS) is 1. The minimum Gasteiger partial charge on any atom is -0.490 e. The summed E-state index contributed by atoms with van der Waals surface area (Å²) in [6.07, 6.45) is -3.44. The zero-order valence-electron chi connectivity index (χ0n) is 16.5. The van der Waals surface area contributed by atoms with Crippen LogP contribution in [0.1, 0.15) is 18.1 Å². The molecule has 0 heterocycles. The fourth-order valence-electron chi connectivity index (χ4n) is 2.50. The van der Waals surface area contributed by atoms with Crippen molar-refractivity contribution in [2.75, 3.05) is 18.5 Å². The third-order valence-electron chi connectivity index (χ3n) is 3.80. The number of nitriles is 1. The van der Waals surface area contributed by atoms with Gasteiger partial charge in [0.2, 0.25) is 0 Å². The number of ether oxygens (including phenoxy) is 2. The molecule has 2 rings (SSSR count). The molecule has 32 heavy (non-hydrogen) atoms. The van der Waals surface area contributed by atoms with Crippen molar-refractivity contribution < 1.29 is 37.3 Å². The van der Waals surface area contributed by atoms with E-state index < -0.39 is 35.8 Å². The minimum absolute atomic E-state index is 0.0278. The van der Waals surface area contributed by atoms with Crippen LogP contribution < -0.4 is 14.8 Å². The summed E-state index contributed by atoms with van der Waals surface area (Å²) in [5.41, 5.74) is -1.27. The number of carboxylic acids is 1. The molecule has 0 spiro atoms. The van der Waals surface area contributed by atoms with E-state index in [0.29, 0.717) is 0 Å². The van der Waals surface area contributed by atoms with E-state index in [1.165, 1.54) is 18.2 Å². The van der Waals surface area contributed by atoms with Crippen LogP contribution in [-0.2, 0) is 15.8 Å². The standard InChI is InChI=1S/C21H16ClF3N2O5/c1-2-31-17-8-12(7-16(22)19(17)32-11-18(28)29)6-13(10-26)20(30)27-15-5-3-4-14(9-15)21(23,24)25/h3-9H,2,11H2,1H3,(H,27,30)(H,28,29)/b13-6+. The Balaban J connectivity index is 2.33. The normalized spacial score (nSPS) is 11.4. The molecular formula is C21H16ClF3N2O5. The van der Waals surface area contributed by atoms with Crippen molar-refractivity contribution in [1.82, 2.24) is 0 Å². The molecule has 168 valence electrons. The summed E-state index contributed by atoms with van der Waals surface area (Å²) in [4.78, 5) is 23.2. The van der Waals surface area contributed by atoms with E-state index in [4.69, 9.17) is 26.2 Å². The van der Waals surface area contributed by atoms with Gasteiger partial charge in [-0.15, -0.1) is 0 Å². The van der Waals surface area contributed by atoms with Crippen LogP contribution >= 0.6 is 11.6 Å². The molecule has 11 heteroatoms. The van der Waals surface area contributed by atoms with Crippen LogP contribution in [0.2, 0.25) is 5.02 Å². The van der Waals surface area contributed by atoms with Gasteiger partial charge < -0.3 is 19.9 Å². The molecule has 1 amide bonds. The lowest BCUT2D eigenvalue weighted by Gasteiger charge is -2.13. The van der Waals surface area contributed by atoms with Crippen LogP contribution in [0.15, 0.2) is 42.0 Å². The molecule has 0 saturated heterocycles. The largest absolute Gasteiger partial charge is 0.490 e. The molecule has 0 saturated carbocycles. The van der Waals surface area contributed by atoms with E-state index in [1.807, 2.05) is 0 Å². The van der Waals surface area contributed by atoms with Crippen LogP contribution in [0, 0.1) is 11.3 Å². The molecular weight excluding hydrogens is 453 g/mol. The van der Waals surface area contributed by atoms with Gasteiger partial charge in [-0.05, 0) is 48.9 Å². The van der Waals surface area contributed by atoms with Gasteiger partial charge in [-0.3, -0.25) is 4.79 Å². The highest BCUT2D eigenvalue weighted by Gasteiger charge is 2.30. The van der Waals surface area contributed by atoms with Crippen molar-refractivity contribution in [2.45, 2.75) is 13.1 Å². The Hall–Kier alpha value is -3.71. The van der Waals surface area contributed by atoms with Crippen molar-refractivity contribution in [3.8, 4) is 17.6 Å². The zero-order chi connectivity index (χ0) is 23.9. The van der Waals surface area contributed by atoms with Crippen molar-refractivity contribution in [3.05, 3.63) is 58.1 Å². The van der Waals surface area contributed by atoms with E-state index >= 15 is 0 Å². The van der Waals surface area contributed by atoms with Gasteiger partial charge in [0, 0.05) is 5.69 Å². The Kier molecular flexibility index (Phi) is 8.09. The predicted octanol–water partition coefficient (Wildman–Crippen LogP) is 4.77. The maximum atomic E-state index is 12.8. The van der Waals surface area contributed by atoms with Gasteiger partial charge in [0.25, 0.3) is 5.91 Å². The molecule has 0 fully saturated rings. The molecule has 2 N–H and O–H groups in total. The molecule has 2 aromatic rings. The molecule has 7 nitrogen and oxygen atoms in total. The van der Waals surface area contributed by atoms with Crippen LogP contribution in [0.25, 0.3) is 6.08 Å². The maximum Gasteiger partial charge on any atom is 0.416 e. The SMILES string of the molecule is CCOc1cc(/C=C(\C#N)C(=O)Nc2cccc(C(F)(F)F)c2)cc(Cl)c1OCC(=O)O. The predicted molar refractivity (Wildman–Crippen MR) is 109 cm³/mol. The first-order valence-electron chi connectivity index (χ1n) is 8.96. The number of nitrogens with one attached hydrogen (secondary N) is 1. The second kappa shape index (κ2) is 10.5. The summed E-state index contributed by atoms with van der Waals surface area (Å²) in [6.45, 7) is 1.19. The number of hydrogen-bond acceptors (Lipinski definition) is 5. The lowest BCUT2D eigenvalue weighted by Crippen LogP contribution is -2.14. The lowest BCUT2D eigenvalue weighted by molar-refractivity contribution is -0.139. The van der Waals surface area contributed by atoms with Crippen LogP contribution in [-0.4, -0.2) is 30.2 Å². The van der Waals surface area contributed by atoms with E-state index in [2.05, 4.69) is 5.32 Å². The van der Waals surface area contributed by atoms with Crippen molar-refractivity contribution in [1.29, 1.82) is 5.26 Å². The summed E-state index contributed by atoms with van der Waals surface area (Å²) in [5, 5.41) is 20.3. The highest BCUT2D eigenvalue weighted by molar-refractivity contribution is 6.32. The molecule has 2 aromatic carbocycles. The molecule has 0 aromatic heterocycles. The van der Waals surface area contributed by atoms with Crippen LogP contribution in [0.3, 0.4) is 0 Å². The number of anilines is 1. The Bertz CT molecular complexity index is 1090. The average molecular weight is 469 g/mol. The van der Waals surface area contributed by atoms with Crippen LogP contribution in [0.4, 0.5) is 18.9 Å². The number of benzene rings is 2. The van der Waals surface area contributed by atoms with Crippen molar-refractivity contribution in [2.24, 2.45) is 0 Å². The number of amides is 1. The Labute approximate surface area is 185 Å². The second-order valence-corrected chi connectivity index (χ2v) is 6.56. The number of alkyl halides is 3. The van der Waals surface area contributed by atoms with E-state index in [1.54, 1.807) is 13.0 Å². The topological polar surface area (TPSA) is 109 Å². The molecule has 0 aliphatic rings. The van der Waals surface area contributed by atoms with Gasteiger partial charge >= 0.3 is 12.1 Å². The third kappa shape index (κ3) is 6.65. The number of hydrogen-bond donors (Lipinski definition) is 2. The first-order valence-corrected chi connectivity index (χ1v) is 9.34. The van der Waals surface area contributed by atoms with E-state index in [0.717, 1.165) is 24.3 Å². The first kappa shape index (κ1) is 24.6. The monoisotopic (exact) mass is 468 g/mol. The second-order valence-electron chi connectivity index (χ2n) is 6.15. The fourth-order valence-corrected chi connectivity index (χ4v) is 2.77. The highest BCUT2D eigenvalue weighted by Crippen LogP contribution is 2.37. The number of carbonyl (C=O) groups excluding carboxylic acids is 1. The van der Waals surface area contributed by atoms with Crippen LogP contribution in [0.5, 0.6) is 11.5 Å². The number of aliphatic carboxylic acids is 1. The van der Waals surface area contributed by atoms with Gasteiger partial charge in [0.15, 0.2) is 18.1 Å². The third-order valence-corrected chi connectivity index (χ3v) is 4.08. The zero-order valence-corrected chi connectivity index (χ0v) is 17.3. The first-order chi connectivity index (χ1) is 15.0. The van der Waals surface area contributed by atoms with Gasteiger partial charge in [0.1, 0.15) is 11.6 Å².